The Hall–Kier alpha value is -2.08. The number of rotatable bonds is 4. The fourth-order valence-electron chi connectivity index (χ4n) is 2.68. The number of benzene rings is 1. The highest BCUT2D eigenvalue weighted by atomic mass is 16.5. The smallest absolute Gasteiger partial charge is 0.282 e. The Morgan fingerprint density at radius 1 is 1.32 bits per heavy atom. The van der Waals surface area contributed by atoms with Crippen molar-refractivity contribution in [1.82, 2.24) is 4.90 Å². The molecule has 1 aliphatic rings. The van der Waals surface area contributed by atoms with E-state index >= 15 is 0 Å². The van der Waals surface area contributed by atoms with E-state index < -0.39 is 0 Å². The lowest BCUT2D eigenvalue weighted by atomic mass is 10.2. The normalized spacial score (nSPS) is 17.0. The molecule has 6 nitrogen and oxygen atoms in total. The number of hydrogen-bond acceptors (Lipinski definition) is 3. The van der Waals surface area contributed by atoms with E-state index in [4.69, 9.17) is 4.74 Å². The number of piperazine rings is 1. The van der Waals surface area contributed by atoms with E-state index in [1.165, 1.54) is 4.90 Å². The molecule has 6 heteroatoms. The van der Waals surface area contributed by atoms with Gasteiger partial charge in [-0.3, -0.25) is 9.59 Å². The number of quaternary nitrogens is 1. The van der Waals surface area contributed by atoms with Crippen LogP contribution in [0.1, 0.15) is 13.8 Å². The zero-order chi connectivity index (χ0) is 16.1. The van der Waals surface area contributed by atoms with Gasteiger partial charge in [-0.1, -0.05) is 6.07 Å². The number of anilines is 1. The van der Waals surface area contributed by atoms with E-state index in [2.05, 4.69) is 5.32 Å². The largest absolute Gasteiger partial charge is 0.497 e. The highest BCUT2D eigenvalue weighted by Gasteiger charge is 2.29. The second kappa shape index (κ2) is 7.26. The van der Waals surface area contributed by atoms with Gasteiger partial charge >= 0.3 is 0 Å². The first-order valence-corrected chi connectivity index (χ1v) is 7.56. The summed E-state index contributed by atoms with van der Waals surface area (Å²) in [5, 5.41) is 2.93. The van der Waals surface area contributed by atoms with Crippen LogP contribution in [0.25, 0.3) is 0 Å². The molecular formula is C16H24N3O3+. The van der Waals surface area contributed by atoms with Crippen LogP contribution in [0, 0.1) is 0 Å². The SMILES string of the molecule is COc1cccc(NC(=O)[C@@H](C)[NH+]2CCN(C(C)=O)CC2)c1. The summed E-state index contributed by atoms with van der Waals surface area (Å²) < 4.78 is 5.15. The summed E-state index contributed by atoms with van der Waals surface area (Å²) >= 11 is 0. The molecule has 0 aromatic heterocycles. The topological polar surface area (TPSA) is 63.1 Å². The molecule has 1 fully saturated rings. The first kappa shape index (κ1) is 16.3. The van der Waals surface area contributed by atoms with Crippen LogP contribution in [0.15, 0.2) is 24.3 Å². The number of ether oxygens (including phenoxy) is 1. The maximum atomic E-state index is 12.4. The van der Waals surface area contributed by atoms with Crippen molar-refractivity contribution in [3.63, 3.8) is 0 Å². The number of nitrogens with zero attached hydrogens (tertiary/aromatic N) is 1. The number of carbonyl (C=O) groups excluding carboxylic acids is 2. The van der Waals surface area contributed by atoms with Gasteiger partial charge in [0.25, 0.3) is 5.91 Å². The van der Waals surface area contributed by atoms with Gasteiger partial charge in [-0.2, -0.15) is 0 Å². The Balaban J connectivity index is 1.91. The quantitative estimate of drug-likeness (QED) is 0.808. The minimum absolute atomic E-state index is 0.0143. The van der Waals surface area contributed by atoms with Crippen molar-refractivity contribution in [3.8, 4) is 5.75 Å². The molecule has 0 radical (unpaired) electrons. The lowest BCUT2D eigenvalue weighted by Crippen LogP contribution is -3.19. The summed E-state index contributed by atoms with van der Waals surface area (Å²) in [5.74, 6) is 0.805. The van der Waals surface area contributed by atoms with Gasteiger partial charge in [0.1, 0.15) is 5.75 Å². The van der Waals surface area contributed by atoms with Crippen molar-refractivity contribution in [2.45, 2.75) is 19.9 Å². The Labute approximate surface area is 131 Å². The predicted molar refractivity (Wildman–Crippen MR) is 84.0 cm³/mol. The maximum Gasteiger partial charge on any atom is 0.282 e. The molecular weight excluding hydrogens is 282 g/mol. The third-order valence-electron chi connectivity index (χ3n) is 4.19. The van der Waals surface area contributed by atoms with Crippen molar-refractivity contribution >= 4 is 17.5 Å². The Bertz CT molecular complexity index is 539. The lowest BCUT2D eigenvalue weighted by molar-refractivity contribution is -0.917. The summed E-state index contributed by atoms with van der Waals surface area (Å²) in [5.41, 5.74) is 0.734. The second-order valence-electron chi connectivity index (χ2n) is 5.61. The molecule has 1 saturated heterocycles. The molecule has 0 spiro atoms. The van der Waals surface area contributed by atoms with Gasteiger partial charge in [-0.15, -0.1) is 0 Å². The summed E-state index contributed by atoms with van der Waals surface area (Å²) in [6, 6.07) is 7.17. The average molecular weight is 306 g/mol. The highest BCUT2D eigenvalue weighted by Crippen LogP contribution is 2.16. The highest BCUT2D eigenvalue weighted by molar-refractivity contribution is 5.93. The zero-order valence-electron chi connectivity index (χ0n) is 13.4. The summed E-state index contributed by atoms with van der Waals surface area (Å²) in [6.07, 6.45) is 0. The number of hydrogen-bond donors (Lipinski definition) is 2. The van der Waals surface area contributed by atoms with Crippen LogP contribution in [-0.4, -0.2) is 56.0 Å². The fraction of sp³-hybridized carbons (Fsp3) is 0.500. The van der Waals surface area contributed by atoms with Crippen molar-refractivity contribution in [1.29, 1.82) is 0 Å². The number of amides is 2. The van der Waals surface area contributed by atoms with Crippen molar-refractivity contribution in [2.24, 2.45) is 0 Å². The first-order valence-electron chi connectivity index (χ1n) is 7.56. The summed E-state index contributed by atoms with van der Waals surface area (Å²) in [7, 11) is 1.60. The van der Waals surface area contributed by atoms with E-state index in [9.17, 15) is 9.59 Å². The number of nitrogens with one attached hydrogen (secondary N) is 2. The van der Waals surface area contributed by atoms with Gasteiger partial charge in [0.15, 0.2) is 6.04 Å². The minimum Gasteiger partial charge on any atom is -0.497 e. The second-order valence-corrected chi connectivity index (χ2v) is 5.61. The monoisotopic (exact) mass is 306 g/mol. The third-order valence-corrected chi connectivity index (χ3v) is 4.19. The molecule has 2 rings (SSSR count). The van der Waals surface area contributed by atoms with Crippen molar-refractivity contribution in [2.75, 3.05) is 38.6 Å². The molecule has 1 atom stereocenters. The van der Waals surface area contributed by atoms with Crippen molar-refractivity contribution < 1.29 is 19.2 Å². The van der Waals surface area contributed by atoms with E-state index in [0.717, 1.165) is 18.8 Å². The van der Waals surface area contributed by atoms with Gasteiger partial charge in [0, 0.05) is 18.7 Å². The van der Waals surface area contributed by atoms with E-state index in [0.29, 0.717) is 18.8 Å². The molecule has 120 valence electrons. The first-order chi connectivity index (χ1) is 10.5. The standard InChI is InChI=1S/C16H23N3O3/c1-12(18-7-9-19(10-8-18)13(2)20)16(21)17-14-5-4-6-15(11-14)22-3/h4-6,11-12H,7-10H2,1-3H3,(H,17,21)/p+1/t12-/m1/s1. The van der Waals surface area contributed by atoms with E-state index in [1.54, 1.807) is 20.1 Å². The van der Waals surface area contributed by atoms with Gasteiger partial charge in [-0.05, 0) is 19.1 Å². The van der Waals surface area contributed by atoms with Crippen LogP contribution in [0.3, 0.4) is 0 Å². The van der Waals surface area contributed by atoms with Crippen LogP contribution in [0.5, 0.6) is 5.75 Å². The maximum absolute atomic E-state index is 12.4. The van der Waals surface area contributed by atoms with Crippen LogP contribution in [-0.2, 0) is 9.59 Å². The Morgan fingerprint density at radius 2 is 2.00 bits per heavy atom. The van der Waals surface area contributed by atoms with Crippen LogP contribution in [0.4, 0.5) is 5.69 Å². The lowest BCUT2D eigenvalue weighted by Gasteiger charge is -2.34. The molecule has 22 heavy (non-hydrogen) atoms. The molecule has 2 amide bonds. The summed E-state index contributed by atoms with van der Waals surface area (Å²) in [6.45, 7) is 6.53. The molecule has 1 aliphatic heterocycles. The molecule has 1 heterocycles. The number of carbonyl (C=O) groups is 2. The van der Waals surface area contributed by atoms with E-state index in [-0.39, 0.29) is 17.9 Å². The van der Waals surface area contributed by atoms with Gasteiger partial charge in [0.2, 0.25) is 5.91 Å². The molecule has 0 bridgehead atoms. The molecule has 0 unspecified atom stereocenters. The summed E-state index contributed by atoms with van der Waals surface area (Å²) in [4.78, 5) is 26.7. The third kappa shape index (κ3) is 3.98. The predicted octanol–water partition coefficient (Wildman–Crippen LogP) is -0.231. The molecule has 0 saturated carbocycles. The molecule has 1 aromatic rings. The Morgan fingerprint density at radius 3 is 2.59 bits per heavy atom. The van der Waals surface area contributed by atoms with E-state index in [1.807, 2.05) is 30.0 Å². The van der Waals surface area contributed by atoms with Crippen LogP contribution < -0.4 is 15.0 Å². The average Bonchev–Trinajstić information content (AvgIpc) is 2.54. The molecule has 0 aliphatic carbocycles. The fourth-order valence-corrected chi connectivity index (χ4v) is 2.68. The van der Waals surface area contributed by atoms with Crippen LogP contribution >= 0.6 is 0 Å². The molecule has 1 aromatic carbocycles. The van der Waals surface area contributed by atoms with Gasteiger partial charge in [-0.25, -0.2) is 0 Å². The number of methoxy groups -OCH3 is 1. The van der Waals surface area contributed by atoms with Gasteiger partial charge in [0.05, 0.1) is 33.3 Å². The Kier molecular flexibility index (Phi) is 5.38. The van der Waals surface area contributed by atoms with Crippen molar-refractivity contribution in [3.05, 3.63) is 24.3 Å². The van der Waals surface area contributed by atoms with Gasteiger partial charge < -0.3 is 19.9 Å². The molecule has 2 N–H and O–H groups in total. The zero-order valence-corrected chi connectivity index (χ0v) is 13.4. The minimum atomic E-state index is -0.152. The van der Waals surface area contributed by atoms with Crippen LogP contribution in [0.2, 0.25) is 0 Å².